The van der Waals surface area contributed by atoms with Gasteiger partial charge in [-0.3, -0.25) is 0 Å². The number of rotatable bonds is 1. The molecule has 0 aromatic carbocycles. The maximum Gasteiger partial charge on any atom is 0.0845 e. The van der Waals surface area contributed by atoms with Crippen molar-refractivity contribution >= 4 is 0 Å². The second kappa shape index (κ2) is 4.25. The van der Waals surface area contributed by atoms with Crippen LogP contribution in [0.25, 0.3) is 0 Å². The van der Waals surface area contributed by atoms with Gasteiger partial charge in [0.15, 0.2) is 0 Å². The minimum atomic E-state index is 0.261. The largest absolute Gasteiger partial charge is 0.376 e. The van der Waals surface area contributed by atoms with Gasteiger partial charge in [0.25, 0.3) is 0 Å². The molecular weight excluding hydrogens is 164 g/mol. The first-order valence-electron chi connectivity index (χ1n) is 5.30. The monoisotopic (exact) mass is 182 g/mol. The maximum absolute atomic E-state index is 5.92. The number of hydrogen-bond donors (Lipinski definition) is 0. The van der Waals surface area contributed by atoms with Gasteiger partial charge in [0, 0.05) is 6.61 Å². The molecule has 2 heteroatoms. The molecule has 0 saturated carbocycles. The van der Waals surface area contributed by atoms with Crippen LogP contribution < -0.4 is 0 Å². The van der Waals surface area contributed by atoms with Crippen LogP contribution >= 0.6 is 0 Å². The van der Waals surface area contributed by atoms with Crippen molar-refractivity contribution < 1.29 is 9.47 Å². The normalized spacial score (nSPS) is 40.5. The van der Waals surface area contributed by atoms with Crippen molar-refractivity contribution in [3.63, 3.8) is 0 Å². The van der Waals surface area contributed by atoms with E-state index in [2.05, 4.69) is 6.58 Å². The Labute approximate surface area is 79.9 Å². The molecule has 2 heterocycles. The second-order valence-corrected chi connectivity index (χ2v) is 3.93. The average Bonchev–Trinajstić information content (AvgIpc) is 2.38. The topological polar surface area (TPSA) is 18.5 Å². The molecule has 0 aromatic rings. The number of ether oxygens (including phenoxy) is 2. The minimum Gasteiger partial charge on any atom is -0.376 e. The highest BCUT2D eigenvalue weighted by atomic mass is 16.5. The lowest BCUT2D eigenvalue weighted by atomic mass is 10.0. The van der Waals surface area contributed by atoms with Crippen LogP contribution in [0.5, 0.6) is 0 Å². The van der Waals surface area contributed by atoms with Crippen molar-refractivity contribution in [2.75, 3.05) is 6.61 Å². The van der Waals surface area contributed by atoms with Crippen LogP contribution in [0.2, 0.25) is 0 Å². The minimum absolute atomic E-state index is 0.261. The van der Waals surface area contributed by atoms with Crippen LogP contribution in [0, 0.1) is 0 Å². The highest BCUT2D eigenvalue weighted by Gasteiger charge is 2.30. The van der Waals surface area contributed by atoms with Crippen molar-refractivity contribution in [1.29, 1.82) is 0 Å². The number of fused-ring (bicyclic) bond motifs is 1. The van der Waals surface area contributed by atoms with Gasteiger partial charge < -0.3 is 9.47 Å². The van der Waals surface area contributed by atoms with Gasteiger partial charge in [-0.2, -0.15) is 0 Å². The van der Waals surface area contributed by atoms with Crippen LogP contribution in [0.4, 0.5) is 0 Å². The molecule has 2 saturated heterocycles. The molecule has 0 bridgehead atoms. The predicted octanol–water partition coefficient (Wildman–Crippen LogP) is 2.29. The van der Waals surface area contributed by atoms with E-state index >= 15 is 0 Å². The lowest BCUT2D eigenvalue weighted by Crippen LogP contribution is -2.36. The highest BCUT2D eigenvalue weighted by Crippen LogP contribution is 2.27. The fourth-order valence-corrected chi connectivity index (χ4v) is 2.22. The SMILES string of the molecule is C=C[C@@H]1CCC[C@@H]2OCCC[C@H]2O1. The first-order chi connectivity index (χ1) is 6.40. The second-order valence-electron chi connectivity index (χ2n) is 3.93. The van der Waals surface area contributed by atoms with Gasteiger partial charge in [0.1, 0.15) is 0 Å². The van der Waals surface area contributed by atoms with E-state index in [0.717, 1.165) is 32.3 Å². The quantitative estimate of drug-likeness (QED) is 0.579. The maximum atomic E-state index is 5.92. The molecule has 0 spiro atoms. The molecular formula is C11H18O2. The van der Waals surface area contributed by atoms with Crippen LogP contribution in [0.15, 0.2) is 12.7 Å². The standard InChI is InChI=1S/C11H18O2/c1-2-9-5-3-6-10-11(13-9)7-4-8-12-10/h2,9-11H,1,3-8H2/t9-,10+,11-/m1/s1. The Kier molecular flexibility index (Phi) is 3.01. The lowest BCUT2D eigenvalue weighted by molar-refractivity contribution is -0.110. The molecule has 2 aliphatic rings. The molecule has 0 radical (unpaired) electrons. The van der Waals surface area contributed by atoms with Gasteiger partial charge in [-0.15, -0.1) is 6.58 Å². The van der Waals surface area contributed by atoms with E-state index in [1.807, 2.05) is 6.08 Å². The summed E-state index contributed by atoms with van der Waals surface area (Å²) in [6.07, 6.45) is 8.67. The van der Waals surface area contributed by atoms with E-state index in [4.69, 9.17) is 9.47 Å². The Morgan fingerprint density at radius 2 is 1.92 bits per heavy atom. The van der Waals surface area contributed by atoms with E-state index in [-0.39, 0.29) is 6.10 Å². The zero-order chi connectivity index (χ0) is 9.10. The Balaban J connectivity index is 1.98. The molecule has 74 valence electrons. The van der Waals surface area contributed by atoms with Gasteiger partial charge in [-0.25, -0.2) is 0 Å². The van der Waals surface area contributed by atoms with E-state index in [9.17, 15) is 0 Å². The summed E-state index contributed by atoms with van der Waals surface area (Å²) in [5.41, 5.74) is 0. The fraction of sp³-hybridized carbons (Fsp3) is 0.818. The van der Waals surface area contributed by atoms with Crippen LogP contribution in [0.3, 0.4) is 0 Å². The number of hydrogen-bond acceptors (Lipinski definition) is 2. The Morgan fingerprint density at radius 1 is 1.08 bits per heavy atom. The fourth-order valence-electron chi connectivity index (χ4n) is 2.22. The van der Waals surface area contributed by atoms with Crippen molar-refractivity contribution in [3.8, 4) is 0 Å². The highest BCUT2D eigenvalue weighted by molar-refractivity contribution is 4.87. The third kappa shape index (κ3) is 2.12. The summed E-state index contributed by atoms with van der Waals surface area (Å²) < 4.78 is 11.6. The summed E-state index contributed by atoms with van der Waals surface area (Å²) in [5, 5.41) is 0. The van der Waals surface area contributed by atoms with Crippen molar-refractivity contribution in [2.45, 2.75) is 50.4 Å². The molecule has 0 amide bonds. The summed E-state index contributed by atoms with van der Waals surface area (Å²) in [7, 11) is 0. The Morgan fingerprint density at radius 3 is 2.77 bits per heavy atom. The molecule has 3 atom stereocenters. The van der Waals surface area contributed by atoms with E-state index in [1.54, 1.807) is 0 Å². The first kappa shape index (κ1) is 9.22. The molecule has 0 aliphatic carbocycles. The Bertz CT molecular complexity index is 179. The summed E-state index contributed by atoms with van der Waals surface area (Å²) >= 11 is 0. The molecule has 2 nitrogen and oxygen atoms in total. The summed E-state index contributed by atoms with van der Waals surface area (Å²) in [5.74, 6) is 0. The van der Waals surface area contributed by atoms with Crippen LogP contribution in [0.1, 0.15) is 32.1 Å². The van der Waals surface area contributed by atoms with E-state index in [0.29, 0.717) is 12.2 Å². The first-order valence-corrected chi connectivity index (χ1v) is 5.30. The summed E-state index contributed by atoms with van der Waals surface area (Å²) in [6.45, 7) is 4.72. The van der Waals surface area contributed by atoms with Gasteiger partial charge in [0.2, 0.25) is 0 Å². The van der Waals surface area contributed by atoms with Crippen LogP contribution in [-0.4, -0.2) is 24.9 Å². The molecule has 2 fully saturated rings. The lowest BCUT2D eigenvalue weighted by Gasteiger charge is -2.30. The van der Waals surface area contributed by atoms with Gasteiger partial charge in [0.05, 0.1) is 18.3 Å². The zero-order valence-electron chi connectivity index (χ0n) is 8.08. The smallest absolute Gasteiger partial charge is 0.0845 e. The van der Waals surface area contributed by atoms with Crippen molar-refractivity contribution in [2.24, 2.45) is 0 Å². The Hall–Kier alpha value is -0.340. The summed E-state index contributed by atoms with van der Waals surface area (Å²) in [6, 6.07) is 0. The third-order valence-corrected chi connectivity index (χ3v) is 2.97. The predicted molar refractivity (Wildman–Crippen MR) is 51.7 cm³/mol. The molecule has 2 aliphatic heterocycles. The van der Waals surface area contributed by atoms with Crippen LogP contribution in [-0.2, 0) is 9.47 Å². The van der Waals surface area contributed by atoms with Crippen molar-refractivity contribution in [3.05, 3.63) is 12.7 Å². The summed E-state index contributed by atoms with van der Waals surface area (Å²) in [4.78, 5) is 0. The molecule has 0 unspecified atom stereocenters. The zero-order valence-corrected chi connectivity index (χ0v) is 8.08. The molecule has 2 rings (SSSR count). The molecule has 0 N–H and O–H groups in total. The third-order valence-electron chi connectivity index (χ3n) is 2.97. The molecule has 13 heavy (non-hydrogen) atoms. The average molecular weight is 182 g/mol. The van der Waals surface area contributed by atoms with Gasteiger partial charge >= 0.3 is 0 Å². The molecule has 0 aromatic heterocycles. The van der Waals surface area contributed by atoms with Gasteiger partial charge in [-0.1, -0.05) is 6.08 Å². The van der Waals surface area contributed by atoms with Gasteiger partial charge in [-0.05, 0) is 32.1 Å². The van der Waals surface area contributed by atoms with E-state index in [1.165, 1.54) is 6.42 Å². The van der Waals surface area contributed by atoms with E-state index < -0.39 is 0 Å². The van der Waals surface area contributed by atoms with Crippen molar-refractivity contribution in [1.82, 2.24) is 0 Å².